The van der Waals surface area contributed by atoms with Crippen LogP contribution in [0.3, 0.4) is 0 Å². The monoisotopic (exact) mass is 462 g/mol. The summed E-state index contributed by atoms with van der Waals surface area (Å²) in [5, 5.41) is 17.2. The van der Waals surface area contributed by atoms with E-state index in [9.17, 15) is 19.5 Å². The molecule has 2 aliphatic rings. The molecule has 2 aliphatic heterocycles. The number of piperidine rings is 1. The number of carbonyl (C=O) groups excluding carboxylic acids is 3. The maximum Gasteiger partial charge on any atom is 0.251 e. The predicted molar refractivity (Wildman–Crippen MR) is 126 cm³/mol. The number of morpholine rings is 1. The number of aromatic nitrogens is 1. The molecule has 176 valence electrons. The van der Waals surface area contributed by atoms with Gasteiger partial charge < -0.3 is 24.6 Å². The van der Waals surface area contributed by atoms with Crippen molar-refractivity contribution < 1.29 is 24.2 Å². The third kappa shape index (κ3) is 4.34. The maximum atomic E-state index is 12.6. The minimum Gasteiger partial charge on any atom is -0.494 e. The van der Waals surface area contributed by atoms with E-state index in [4.69, 9.17) is 4.74 Å². The zero-order chi connectivity index (χ0) is 23.7. The highest BCUT2D eigenvalue weighted by molar-refractivity contribution is 6.00. The smallest absolute Gasteiger partial charge is 0.251 e. The van der Waals surface area contributed by atoms with E-state index in [2.05, 4.69) is 15.5 Å². The Bertz CT molecular complexity index is 1240. The molecule has 0 radical (unpaired) electrons. The minimum atomic E-state index is -0.631. The van der Waals surface area contributed by atoms with Crippen LogP contribution in [-0.2, 0) is 20.9 Å². The van der Waals surface area contributed by atoms with Crippen molar-refractivity contribution in [3.8, 4) is 5.88 Å². The number of anilines is 1. The van der Waals surface area contributed by atoms with Crippen molar-refractivity contribution in [3.63, 3.8) is 0 Å². The summed E-state index contributed by atoms with van der Waals surface area (Å²) < 4.78 is 6.88. The predicted octanol–water partition coefficient (Wildman–Crippen LogP) is 2.09. The molecule has 2 aromatic carbocycles. The summed E-state index contributed by atoms with van der Waals surface area (Å²) >= 11 is 0. The highest BCUT2D eigenvalue weighted by atomic mass is 16.5. The van der Waals surface area contributed by atoms with Gasteiger partial charge in [0.25, 0.3) is 5.91 Å². The number of carbonyl (C=O) groups is 3. The summed E-state index contributed by atoms with van der Waals surface area (Å²) in [7, 11) is 0. The molecule has 1 atom stereocenters. The van der Waals surface area contributed by atoms with Crippen LogP contribution in [0.15, 0.2) is 48.7 Å². The molecule has 0 bridgehead atoms. The van der Waals surface area contributed by atoms with Crippen LogP contribution in [0.4, 0.5) is 5.69 Å². The molecule has 9 nitrogen and oxygen atoms in total. The Hall–Kier alpha value is -3.85. The first-order chi connectivity index (χ1) is 16.5. The summed E-state index contributed by atoms with van der Waals surface area (Å²) in [6.07, 6.45) is 2.28. The molecule has 0 aliphatic carbocycles. The molecule has 34 heavy (non-hydrogen) atoms. The first kappa shape index (κ1) is 22.0. The van der Waals surface area contributed by atoms with Gasteiger partial charge in [-0.3, -0.25) is 19.7 Å². The lowest BCUT2D eigenvalue weighted by atomic mass is 10.1. The summed E-state index contributed by atoms with van der Waals surface area (Å²) in [6.45, 7) is 3.43. The number of fused-ring (bicyclic) bond motifs is 1. The summed E-state index contributed by atoms with van der Waals surface area (Å²) in [5.41, 5.74) is 2.52. The molecule has 3 amide bonds. The van der Waals surface area contributed by atoms with Gasteiger partial charge in [0.2, 0.25) is 11.8 Å². The van der Waals surface area contributed by atoms with Gasteiger partial charge in [0, 0.05) is 54.3 Å². The Balaban J connectivity index is 1.25. The van der Waals surface area contributed by atoms with E-state index in [1.54, 1.807) is 12.3 Å². The number of amides is 3. The molecule has 3 aromatic rings. The van der Waals surface area contributed by atoms with E-state index in [0.29, 0.717) is 37.1 Å². The number of rotatable bonds is 5. The number of benzene rings is 2. The van der Waals surface area contributed by atoms with Crippen LogP contribution in [0.25, 0.3) is 10.8 Å². The molecule has 3 N–H and O–H groups in total. The molecule has 3 heterocycles. The second kappa shape index (κ2) is 9.18. The Morgan fingerprint density at radius 2 is 1.88 bits per heavy atom. The van der Waals surface area contributed by atoms with E-state index >= 15 is 0 Å². The normalized spacial score (nSPS) is 18.7. The largest absolute Gasteiger partial charge is 0.494 e. The first-order valence-corrected chi connectivity index (χ1v) is 11.4. The molecule has 2 saturated heterocycles. The maximum absolute atomic E-state index is 12.6. The van der Waals surface area contributed by atoms with Crippen LogP contribution in [0.2, 0.25) is 0 Å². The van der Waals surface area contributed by atoms with Crippen LogP contribution >= 0.6 is 0 Å². The highest BCUT2D eigenvalue weighted by Gasteiger charge is 2.30. The van der Waals surface area contributed by atoms with Crippen molar-refractivity contribution in [1.82, 2.24) is 15.2 Å². The lowest BCUT2D eigenvalue weighted by molar-refractivity contribution is -0.135. The molecule has 1 unspecified atom stereocenters. The van der Waals surface area contributed by atoms with E-state index in [1.165, 1.54) is 4.57 Å². The first-order valence-electron chi connectivity index (χ1n) is 11.4. The van der Waals surface area contributed by atoms with Crippen molar-refractivity contribution in [1.29, 1.82) is 0 Å². The fourth-order valence-corrected chi connectivity index (χ4v) is 4.50. The van der Waals surface area contributed by atoms with E-state index in [0.717, 1.165) is 29.7 Å². The fourth-order valence-electron chi connectivity index (χ4n) is 4.50. The molecule has 2 fully saturated rings. The Labute approximate surface area is 196 Å². The quantitative estimate of drug-likeness (QED) is 0.501. The van der Waals surface area contributed by atoms with E-state index in [1.807, 2.05) is 36.4 Å². The SMILES string of the molecule is O=C1CCC(n2cc3cc(CNC(=O)c4ccc(N5CCOCC5)cc4)ccc3c2O)C(=O)N1. The number of hydrogen-bond donors (Lipinski definition) is 3. The number of hydrogen-bond acceptors (Lipinski definition) is 6. The second-order valence-corrected chi connectivity index (χ2v) is 8.58. The molecule has 5 rings (SSSR count). The molecule has 0 spiro atoms. The lowest BCUT2D eigenvalue weighted by Gasteiger charge is -2.28. The van der Waals surface area contributed by atoms with Crippen molar-refractivity contribution in [2.45, 2.75) is 25.4 Å². The van der Waals surface area contributed by atoms with Gasteiger partial charge in [-0.05, 0) is 48.4 Å². The summed E-state index contributed by atoms with van der Waals surface area (Å²) in [5.74, 6) is -0.900. The summed E-state index contributed by atoms with van der Waals surface area (Å²) in [4.78, 5) is 38.5. The lowest BCUT2D eigenvalue weighted by Crippen LogP contribution is -2.41. The Morgan fingerprint density at radius 1 is 1.12 bits per heavy atom. The molecule has 9 heteroatoms. The Kier molecular flexibility index (Phi) is 5.93. The van der Waals surface area contributed by atoms with Gasteiger partial charge in [0.15, 0.2) is 5.88 Å². The Morgan fingerprint density at radius 3 is 2.62 bits per heavy atom. The third-order valence-corrected chi connectivity index (χ3v) is 6.38. The van der Waals surface area contributed by atoms with Gasteiger partial charge in [0.1, 0.15) is 6.04 Å². The van der Waals surface area contributed by atoms with E-state index < -0.39 is 11.9 Å². The van der Waals surface area contributed by atoms with Crippen LogP contribution in [0.1, 0.15) is 34.8 Å². The molecule has 1 aromatic heterocycles. The van der Waals surface area contributed by atoms with Crippen molar-refractivity contribution in [2.75, 3.05) is 31.2 Å². The van der Waals surface area contributed by atoms with Crippen LogP contribution in [-0.4, -0.2) is 53.7 Å². The number of ether oxygens (including phenoxy) is 1. The van der Waals surface area contributed by atoms with Crippen molar-refractivity contribution >= 4 is 34.2 Å². The van der Waals surface area contributed by atoms with Crippen molar-refractivity contribution in [3.05, 3.63) is 59.8 Å². The summed E-state index contributed by atoms with van der Waals surface area (Å²) in [6, 6.07) is 12.4. The second-order valence-electron chi connectivity index (χ2n) is 8.58. The minimum absolute atomic E-state index is 0.0135. The number of nitrogens with zero attached hydrogens (tertiary/aromatic N) is 2. The van der Waals surface area contributed by atoms with E-state index in [-0.39, 0.29) is 24.1 Å². The van der Waals surface area contributed by atoms with Crippen molar-refractivity contribution in [2.24, 2.45) is 0 Å². The molecular weight excluding hydrogens is 436 g/mol. The van der Waals surface area contributed by atoms with Crippen LogP contribution in [0.5, 0.6) is 5.88 Å². The van der Waals surface area contributed by atoms with Gasteiger partial charge in [-0.2, -0.15) is 0 Å². The van der Waals surface area contributed by atoms with Gasteiger partial charge in [0.05, 0.1) is 13.2 Å². The topological polar surface area (TPSA) is 113 Å². The number of imide groups is 1. The third-order valence-electron chi connectivity index (χ3n) is 6.38. The highest BCUT2D eigenvalue weighted by Crippen LogP contribution is 2.33. The average Bonchev–Trinajstić information content (AvgIpc) is 3.18. The van der Waals surface area contributed by atoms with Gasteiger partial charge >= 0.3 is 0 Å². The van der Waals surface area contributed by atoms with Crippen LogP contribution < -0.4 is 15.5 Å². The van der Waals surface area contributed by atoms with Crippen LogP contribution in [0, 0.1) is 0 Å². The van der Waals surface area contributed by atoms with Gasteiger partial charge in [-0.25, -0.2) is 0 Å². The van der Waals surface area contributed by atoms with Gasteiger partial charge in [-0.1, -0.05) is 6.07 Å². The molecule has 0 saturated carbocycles. The fraction of sp³-hybridized carbons (Fsp3) is 0.320. The standard InChI is InChI=1S/C25H26N4O5/c30-22-8-7-21(24(32)27-22)29-15-18-13-16(1-6-20(18)25(29)33)14-26-23(31)17-2-4-19(5-3-17)28-9-11-34-12-10-28/h1-6,13,15,21,33H,7-12,14H2,(H,26,31)(H,27,30,32). The zero-order valence-corrected chi connectivity index (χ0v) is 18.6. The number of aromatic hydroxyl groups is 1. The van der Waals surface area contributed by atoms with Gasteiger partial charge in [-0.15, -0.1) is 0 Å². The zero-order valence-electron chi connectivity index (χ0n) is 18.6. The molecular formula is C25H26N4O5. The average molecular weight is 463 g/mol. The number of nitrogens with one attached hydrogen (secondary N) is 2.